The van der Waals surface area contributed by atoms with E-state index in [1.807, 2.05) is 30.3 Å². The molecule has 5 heteroatoms. The zero-order valence-electron chi connectivity index (χ0n) is 9.02. The molecule has 0 radical (unpaired) electrons. The molecule has 86 valence electrons. The molecule has 0 aromatic heterocycles. The summed E-state index contributed by atoms with van der Waals surface area (Å²) in [6.45, 7) is 2.52. The molecule has 16 heavy (non-hydrogen) atoms. The lowest BCUT2D eigenvalue weighted by molar-refractivity contribution is -0.903. The van der Waals surface area contributed by atoms with E-state index in [4.69, 9.17) is 17.3 Å². The molecule has 0 bridgehead atoms. The molecule has 1 atom stereocenters. The highest BCUT2D eigenvalue weighted by molar-refractivity contribution is 7.80. The van der Waals surface area contributed by atoms with Crippen molar-refractivity contribution >= 4 is 23.0 Å². The van der Waals surface area contributed by atoms with E-state index in [2.05, 4.69) is 10.2 Å². The zero-order valence-corrected chi connectivity index (χ0v) is 9.83. The summed E-state index contributed by atoms with van der Waals surface area (Å²) in [6.07, 6.45) is 0. The van der Waals surface area contributed by atoms with Crippen LogP contribution < -0.4 is 15.1 Å². The summed E-state index contributed by atoms with van der Waals surface area (Å²) >= 11 is 5.29. The third kappa shape index (κ3) is 2.49. The summed E-state index contributed by atoms with van der Waals surface area (Å²) in [5.74, 6) is 0. The summed E-state index contributed by atoms with van der Waals surface area (Å²) in [6, 6.07) is 10.1. The van der Waals surface area contributed by atoms with Crippen LogP contribution in [0.25, 0.3) is 0 Å². The minimum Gasteiger partial charge on any atom is -0.391 e. The average molecular weight is 238 g/mol. The van der Waals surface area contributed by atoms with Crippen LogP contribution in [0.15, 0.2) is 30.3 Å². The van der Waals surface area contributed by atoms with E-state index in [9.17, 15) is 0 Å². The molecule has 2 rings (SSSR count). The second-order valence-corrected chi connectivity index (χ2v) is 4.19. The minimum absolute atomic E-state index is 0.201. The highest BCUT2D eigenvalue weighted by atomic mass is 32.1. The van der Waals surface area contributed by atoms with Crippen LogP contribution in [0.5, 0.6) is 0 Å². The van der Waals surface area contributed by atoms with E-state index in [-0.39, 0.29) is 6.61 Å². The Labute approximate surface area is 100 Å². The molecule has 3 N–H and O–H groups in total. The molecule has 0 saturated carbocycles. The number of aliphatic hydroxyl groups excluding tert-OH is 1. The van der Waals surface area contributed by atoms with Crippen molar-refractivity contribution in [3.8, 4) is 0 Å². The van der Waals surface area contributed by atoms with Gasteiger partial charge in [-0.1, -0.05) is 18.2 Å². The maximum atomic E-state index is 8.94. The Hall–Kier alpha value is -1.17. The Morgan fingerprint density at radius 2 is 2.12 bits per heavy atom. The van der Waals surface area contributed by atoms with Crippen LogP contribution in [0, 0.1) is 0 Å². The summed E-state index contributed by atoms with van der Waals surface area (Å²) in [5, 5.41) is 12.9. The van der Waals surface area contributed by atoms with Gasteiger partial charge < -0.3 is 10.4 Å². The van der Waals surface area contributed by atoms with Crippen LogP contribution in [0.3, 0.4) is 0 Å². The number of thiocarbonyl (C=S) groups is 1. The number of nitrogens with one attached hydrogen (secondary N) is 2. The number of anilines is 1. The van der Waals surface area contributed by atoms with Gasteiger partial charge in [-0.25, -0.2) is 0 Å². The van der Waals surface area contributed by atoms with Crippen molar-refractivity contribution in [3.63, 3.8) is 0 Å². The number of aliphatic hydroxyl groups is 1. The molecule has 1 saturated heterocycles. The van der Waals surface area contributed by atoms with Crippen molar-refractivity contribution < 1.29 is 10.0 Å². The molecule has 1 aromatic carbocycles. The molecule has 1 fully saturated rings. The molecule has 0 aliphatic carbocycles. The van der Waals surface area contributed by atoms with Gasteiger partial charge in [-0.05, 0) is 24.4 Å². The van der Waals surface area contributed by atoms with E-state index in [0.717, 1.165) is 30.7 Å². The van der Waals surface area contributed by atoms with Gasteiger partial charge in [-0.3, -0.25) is 9.80 Å². The van der Waals surface area contributed by atoms with E-state index >= 15 is 0 Å². The van der Waals surface area contributed by atoms with Crippen LogP contribution in [-0.2, 0) is 0 Å². The topological polar surface area (TPSA) is 39.9 Å². The molecule has 4 nitrogen and oxygen atoms in total. The first-order chi connectivity index (χ1) is 7.81. The average Bonchev–Trinajstić information content (AvgIpc) is 2.33. The Bertz CT molecular complexity index is 358. The van der Waals surface area contributed by atoms with Crippen LogP contribution >= 0.6 is 12.2 Å². The van der Waals surface area contributed by atoms with Crippen LogP contribution in [0.1, 0.15) is 0 Å². The van der Waals surface area contributed by atoms with Gasteiger partial charge in [0.25, 0.3) is 0 Å². The maximum absolute atomic E-state index is 8.94. The van der Waals surface area contributed by atoms with Gasteiger partial charge in [0.15, 0.2) is 18.4 Å². The Balaban J connectivity index is 2.10. The third-order valence-electron chi connectivity index (χ3n) is 2.65. The minimum atomic E-state index is 0.201. The Kier molecular flexibility index (Phi) is 3.71. The fraction of sp³-hybridized carbons (Fsp3) is 0.364. The molecular weight excluding hydrogens is 222 g/mol. The molecule has 1 aromatic rings. The van der Waals surface area contributed by atoms with Crippen LogP contribution in [-0.4, -0.2) is 36.7 Å². The second-order valence-electron chi connectivity index (χ2n) is 3.80. The number of hydrogen-bond acceptors (Lipinski definition) is 2. The van der Waals surface area contributed by atoms with Crippen LogP contribution in [0.4, 0.5) is 5.69 Å². The molecule has 0 spiro atoms. The fourth-order valence-corrected chi connectivity index (χ4v) is 2.03. The zero-order chi connectivity index (χ0) is 11.4. The first kappa shape index (κ1) is 11.3. The highest BCUT2D eigenvalue weighted by Crippen LogP contribution is 2.12. The van der Waals surface area contributed by atoms with Crippen LogP contribution in [0.2, 0.25) is 0 Å². The molecule has 1 unspecified atom stereocenters. The van der Waals surface area contributed by atoms with Crippen molar-refractivity contribution in [2.75, 3.05) is 31.4 Å². The summed E-state index contributed by atoms with van der Waals surface area (Å²) in [5.41, 5.74) is 1.09. The molecule has 1 heterocycles. The SMILES string of the molecule is OCC[NH+]1CNC(=S)N(c2ccccc2)C1. The van der Waals surface area contributed by atoms with Gasteiger partial charge in [-0.2, -0.15) is 0 Å². The van der Waals surface area contributed by atoms with Gasteiger partial charge in [0.2, 0.25) is 0 Å². The molecule has 1 aliphatic rings. The van der Waals surface area contributed by atoms with Crippen molar-refractivity contribution in [1.29, 1.82) is 0 Å². The molecular formula is C11H16N3OS+. The predicted molar refractivity (Wildman–Crippen MR) is 67.3 cm³/mol. The lowest BCUT2D eigenvalue weighted by Gasteiger charge is -2.34. The number of benzene rings is 1. The van der Waals surface area contributed by atoms with Crippen molar-refractivity contribution in [1.82, 2.24) is 5.32 Å². The Morgan fingerprint density at radius 1 is 1.38 bits per heavy atom. The summed E-state index contributed by atoms with van der Waals surface area (Å²) in [7, 11) is 0. The third-order valence-corrected chi connectivity index (χ3v) is 3.01. The maximum Gasteiger partial charge on any atom is 0.182 e. The molecule has 1 aliphatic heterocycles. The smallest absolute Gasteiger partial charge is 0.182 e. The fourth-order valence-electron chi connectivity index (χ4n) is 1.79. The Morgan fingerprint density at radius 3 is 2.81 bits per heavy atom. The first-order valence-electron chi connectivity index (χ1n) is 5.36. The first-order valence-corrected chi connectivity index (χ1v) is 5.77. The lowest BCUT2D eigenvalue weighted by Crippen LogP contribution is -3.17. The normalized spacial score (nSPS) is 20.7. The van der Waals surface area contributed by atoms with Gasteiger partial charge >= 0.3 is 0 Å². The number of hydrogen-bond donors (Lipinski definition) is 3. The predicted octanol–water partition coefficient (Wildman–Crippen LogP) is -0.827. The van der Waals surface area contributed by atoms with E-state index in [1.165, 1.54) is 4.90 Å². The van der Waals surface area contributed by atoms with E-state index in [0.29, 0.717) is 0 Å². The quantitative estimate of drug-likeness (QED) is 0.601. The van der Waals surface area contributed by atoms with E-state index in [1.54, 1.807) is 0 Å². The number of quaternary nitrogens is 1. The number of para-hydroxylation sites is 1. The van der Waals surface area contributed by atoms with Gasteiger partial charge in [0, 0.05) is 5.69 Å². The van der Waals surface area contributed by atoms with Crippen molar-refractivity contribution in [2.24, 2.45) is 0 Å². The van der Waals surface area contributed by atoms with Gasteiger partial charge in [-0.15, -0.1) is 0 Å². The van der Waals surface area contributed by atoms with Crippen molar-refractivity contribution in [3.05, 3.63) is 30.3 Å². The number of nitrogens with zero attached hydrogens (tertiary/aromatic N) is 1. The summed E-state index contributed by atoms with van der Waals surface area (Å²) in [4.78, 5) is 3.34. The molecule has 0 amide bonds. The largest absolute Gasteiger partial charge is 0.391 e. The standard InChI is InChI=1S/C11H15N3OS/c15-7-6-13-8-12-11(16)14(9-13)10-4-2-1-3-5-10/h1-5,15H,6-9H2,(H,12,16)/p+1. The monoisotopic (exact) mass is 238 g/mol. The van der Waals surface area contributed by atoms with Gasteiger partial charge in [0.1, 0.15) is 6.54 Å². The highest BCUT2D eigenvalue weighted by Gasteiger charge is 2.23. The van der Waals surface area contributed by atoms with Gasteiger partial charge in [0.05, 0.1) is 6.61 Å². The summed E-state index contributed by atoms with van der Waals surface area (Å²) < 4.78 is 0. The van der Waals surface area contributed by atoms with E-state index < -0.39 is 0 Å². The number of rotatable bonds is 3. The second kappa shape index (κ2) is 5.25. The lowest BCUT2D eigenvalue weighted by atomic mass is 10.3. The van der Waals surface area contributed by atoms with Crippen molar-refractivity contribution in [2.45, 2.75) is 0 Å².